The molecule has 1 heterocycles. The summed E-state index contributed by atoms with van der Waals surface area (Å²) in [6.45, 7) is 11.0. The third-order valence-electron chi connectivity index (χ3n) is 4.02. The summed E-state index contributed by atoms with van der Waals surface area (Å²) in [5, 5.41) is 12.9. The average molecular weight is 242 g/mol. The Morgan fingerprint density at radius 1 is 1.24 bits per heavy atom. The summed E-state index contributed by atoms with van der Waals surface area (Å²) in [4.78, 5) is 13.9. The predicted molar refractivity (Wildman–Crippen MR) is 68.9 cm³/mol. The topological polar surface area (TPSA) is 52.6 Å². The second-order valence-electron chi connectivity index (χ2n) is 6.28. The van der Waals surface area contributed by atoms with Gasteiger partial charge in [0.25, 0.3) is 0 Å². The van der Waals surface area contributed by atoms with Gasteiger partial charge >= 0.3 is 6.03 Å². The number of hydrogen-bond acceptors (Lipinski definition) is 2. The summed E-state index contributed by atoms with van der Waals surface area (Å²) in [6.07, 6.45) is 2.13. The van der Waals surface area contributed by atoms with Crippen molar-refractivity contribution in [3.63, 3.8) is 0 Å². The van der Waals surface area contributed by atoms with Crippen LogP contribution >= 0.6 is 0 Å². The Balaban J connectivity index is 2.55. The molecule has 0 aromatic heterocycles. The monoisotopic (exact) mass is 242 g/mol. The smallest absolute Gasteiger partial charge is 0.317 e. The van der Waals surface area contributed by atoms with Gasteiger partial charge in [0.05, 0.1) is 11.1 Å². The highest BCUT2D eigenvalue weighted by Crippen LogP contribution is 2.22. The van der Waals surface area contributed by atoms with Crippen LogP contribution in [-0.4, -0.2) is 40.3 Å². The fourth-order valence-corrected chi connectivity index (χ4v) is 1.71. The molecule has 4 nitrogen and oxygen atoms in total. The summed E-state index contributed by atoms with van der Waals surface area (Å²) >= 11 is 0. The van der Waals surface area contributed by atoms with Gasteiger partial charge in [-0.1, -0.05) is 6.92 Å². The molecule has 1 aliphatic heterocycles. The first-order chi connectivity index (χ1) is 7.63. The van der Waals surface area contributed by atoms with Crippen molar-refractivity contribution >= 4 is 6.03 Å². The molecule has 0 radical (unpaired) electrons. The third kappa shape index (κ3) is 3.60. The number of likely N-dealkylation sites (tertiary alicyclic amines) is 1. The molecule has 0 unspecified atom stereocenters. The van der Waals surface area contributed by atoms with Crippen molar-refractivity contribution < 1.29 is 9.90 Å². The minimum Gasteiger partial charge on any atom is -0.388 e. The number of rotatable bonds is 2. The van der Waals surface area contributed by atoms with Crippen LogP contribution in [0.2, 0.25) is 0 Å². The quantitative estimate of drug-likeness (QED) is 0.778. The summed E-state index contributed by atoms with van der Waals surface area (Å²) in [5.74, 6) is 0.710. The summed E-state index contributed by atoms with van der Waals surface area (Å²) < 4.78 is 0. The lowest BCUT2D eigenvalue weighted by Crippen LogP contribution is -2.60. The molecule has 17 heavy (non-hydrogen) atoms. The maximum absolute atomic E-state index is 12.1. The van der Waals surface area contributed by atoms with E-state index in [1.807, 2.05) is 18.7 Å². The lowest BCUT2D eigenvalue weighted by molar-refractivity contribution is -0.00180. The van der Waals surface area contributed by atoms with E-state index in [-0.39, 0.29) is 6.03 Å². The van der Waals surface area contributed by atoms with Crippen molar-refractivity contribution in [2.45, 2.75) is 58.6 Å². The Labute approximate surface area is 104 Å². The molecule has 100 valence electrons. The molecule has 1 saturated heterocycles. The fraction of sp³-hybridized carbons (Fsp3) is 0.923. The van der Waals surface area contributed by atoms with Gasteiger partial charge in [-0.2, -0.15) is 0 Å². The lowest BCUT2D eigenvalue weighted by atomic mass is 9.86. The number of nitrogens with zero attached hydrogens (tertiary/aromatic N) is 1. The first kappa shape index (κ1) is 14.3. The van der Waals surface area contributed by atoms with Crippen LogP contribution in [0.5, 0.6) is 0 Å². The second kappa shape index (κ2) is 4.84. The average Bonchev–Trinajstić information content (AvgIpc) is 2.16. The zero-order valence-electron chi connectivity index (χ0n) is 11.7. The molecule has 1 rings (SSSR count). The zero-order valence-corrected chi connectivity index (χ0v) is 11.7. The molecule has 2 N–H and O–H groups in total. The minimum atomic E-state index is -0.939. The van der Waals surface area contributed by atoms with Crippen LogP contribution in [0.25, 0.3) is 0 Å². The zero-order chi connectivity index (χ0) is 13.3. The van der Waals surface area contributed by atoms with Crippen LogP contribution in [0.1, 0.15) is 47.5 Å². The van der Waals surface area contributed by atoms with Crippen molar-refractivity contribution in [3.8, 4) is 0 Å². The van der Waals surface area contributed by atoms with E-state index in [9.17, 15) is 9.90 Å². The van der Waals surface area contributed by atoms with Crippen molar-refractivity contribution in [1.82, 2.24) is 10.2 Å². The fourth-order valence-electron chi connectivity index (χ4n) is 1.71. The number of amides is 2. The largest absolute Gasteiger partial charge is 0.388 e. The van der Waals surface area contributed by atoms with Crippen LogP contribution in [-0.2, 0) is 0 Å². The lowest BCUT2D eigenvalue weighted by Gasteiger charge is -2.40. The molecule has 0 aliphatic carbocycles. The highest BCUT2D eigenvalue weighted by Gasteiger charge is 2.37. The Bertz CT molecular complexity index is 274. The van der Waals surface area contributed by atoms with Crippen molar-refractivity contribution in [2.24, 2.45) is 5.92 Å². The van der Waals surface area contributed by atoms with Crippen LogP contribution < -0.4 is 5.32 Å². The number of piperidine rings is 1. The summed E-state index contributed by atoms with van der Waals surface area (Å²) in [5.41, 5.74) is -1.57. The van der Waals surface area contributed by atoms with Gasteiger partial charge in [-0.05, 0) is 46.5 Å². The van der Waals surface area contributed by atoms with Gasteiger partial charge in [0.15, 0.2) is 0 Å². The molecule has 0 aromatic rings. The van der Waals surface area contributed by atoms with Crippen molar-refractivity contribution in [3.05, 3.63) is 0 Å². The van der Waals surface area contributed by atoms with E-state index in [0.29, 0.717) is 5.92 Å². The number of hydrogen-bond donors (Lipinski definition) is 2. The van der Waals surface area contributed by atoms with Gasteiger partial charge < -0.3 is 15.3 Å². The van der Waals surface area contributed by atoms with Gasteiger partial charge in [0, 0.05) is 13.1 Å². The molecule has 1 fully saturated rings. The second-order valence-corrected chi connectivity index (χ2v) is 6.28. The van der Waals surface area contributed by atoms with Gasteiger partial charge in [-0.25, -0.2) is 4.79 Å². The molecule has 2 amide bonds. The van der Waals surface area contributed by atoms with E-state index in [4.69, 9.17) is 0 Å². The number of carbonyl (C=O) groups is 1. The number of nitrogens with one attached hydrogen (secondary N) is 1. The highest BCUT2D eigenvalue weighted by atomic mass is 16.3. The molecule has 4 heteroatoms. The van der Waals surface area contributed by atoms with E-state index in [0.717, 1.165) is 25.9 Å². The first-order valence-corrected chi connectivity index (χ1v) is 6.43. The number of urea groups is 1. The van der Waals surface area contributed by atoms with E-state index in [1.54, 1.807) is 13.8 Å². The van der Waals surface area contributed by atoms with E-state index >= 15 is 0 Å². The summed E-state index contributed by atoms with van der Waals surface area (Å²) in [6, 6.07) is -0.0657. The van der Waals surface area contributed by atoms with E-state index in [1.165, 1.54) is 0 Å². The number of carbonyl (C=O) groups excluding carboxylic acids is 1. The Morgan fingerprint density at radius 2 is 1.71 bits per heavy atom. The van der Waals surface area contributed by atoms with Gasteiger partial charge in [0.2, 0.25) is 0 Å². The van der Waals surface area contributed by atoms with Gasteiger partial charge in [-0.15, -0.1) is 0 Å². The van der Waals surface area contributed by atoms with Gasteiger partial charge in [0.1, 0.15) is 0 Å². The molecule has 0 aromatic carbocycles. The Kier molecular flexibility index (Phi) is 4.07. The van der Waals surface area contributed by atoms with E-state index < -0.39 is 11.1 Å². The molecule has 0 spiro atoms. The normalized spacial score (nSPS) is 19.3. The molecule has 1 aliphatic rings. The Hall–Kier alpha value is -0.770. The maximum atomic E-state index is 12.1. The van der Waals surface area contributed by atoms with Crippen LogP contribution in [0, 0.1) is 5.92 Å². The first-order valence-electron chi connectivity index (χ1n) is 6.43. The molecular formula is C13H26N2O2. The third-order valence-corrected chi connectivity index (χ3v) is 4.02. The summed E-state index contributed by atoms with van der Waals surface area (Å²) in [7, 11) is 0. The maximum Gasteiger partial charge on any atom is 0.317 e. The van der Waals surface area contributed by atoms with Crippen LogP contribution in [0.15, 0.2) is 0 Å². The predicted octanol–water partition coefficient (Wildman–Crippen LogP) is 1.98. The molecule has 0 bridgehead atoms. The Morgan fingerprint density at radius 3 is 2.12 bits per heavy atom. The SMILES string of the molecule is CC1CCN(C(=O)NC(C)(C)C(C)(C)O)CC1. The van der Waals surface area contributed by atoms with Crippen LogP contribution in [0.3, 0.4) is 0 Å². The van der Waals surface area contributed by atoms with Crippen molar-refractivity contribution in [2.75, 3.05) is 13.1 Å². The standard InChI is InChI=1S/C13H26N2O2/c1-10-6-8-15(9-7-10)11(16)14-12(2,3)13(4,5)17/h10,17H,6-9H2,1-5H3,(H,14,16). The van der Waals surface area contributed by atoms with Crippen molar-refractivity contribution in [1.29, 1.82) is 0 Å². The minimum absolute atomic E-state index is 0.0657. The molecular weight excluding hydrogens is 216 g/mol. The van der Waals surface area contributed by atoms with Crippen LogP contribution in [0.4, 0.5) is 4.79 Å². The van der Waals surface area contributed by atoms with E-state index in [2.05, 4.69) is 12.2 Å². The molecule has 0 atom stereocenters. The number of aliphatic hydroxyl groups is 1. The molecule has 0 saturated carbocycles. The van der Waals surface area contributed by atoms with Gasteiger partial charge in [-0.3, -0.25) is 0 Å². The highest BCUT2D eigenvalue weighted by molar-refractivity contribution is 5.75.